The zero-order valence-electron chi connectivity index (χ0n) is 17.4. The Bertz CT molecular complexity index is 806. The molecule has 0 aliphatic heterocycles. The Hall–Kier alpha value is -2.82. The molecule has 1 N–H and O–H groups in total. The van der Waals surface area contributed by atoms with Crippen LogP contribution in [0.2, 0.25) is 0 Å². The van der Waals surface area contributed by atoms with Gasteiger partial charge in [-0.2, -0.15) is 5.10 Å². The first-order chi connectivity index (χ1) is 13.3. The van der Waals surface area contributed by atoms with E-state index in [9.17, 15) is 4.79 Å². The molecule has 0 aliphatic rings. The van der Waals surface area contributed by atoms with Gasteiger partial charge in [-0.1, -0.05) is 45.0 Å². The summed E-state index contributed by atoms with van der Waals surface area (Å²) >= 11 is 0. The lowest BCUT2D eigenvalue weighted by molar-refractivity contribution is -0.120. The van der Waals surface area contributed by atoms with Crippen LogP contribution in [0, 0.1) is 0 Å². The number of nitrogens with one attached hydrogen (secondary N) is 1. The molecule has 1 amide bonds. The van der Waals surface area contributed by atoms with E-state index in [1.807, 2.05) is 44.2 Å². The Kier molecular flexibility index (Phi) is 7.61. The molecular formula is C23H30N2O3. The maximum Gasteiger partial charge on any atom is 0.244 e. The third kappa shape index (κ3) is 6.41. The van der Waals surface area contributed by atoms with Gasteiger partial charge in [-0.25, -0.2) is 5.43 Å². The first-order valence-electron chi connectivity index (χ1n) is 9.64. The SMILES string of the molecule is CCOc1ccc(/C=N\NC(=O)Cc2ccc(C(C)(C)C)cc2)c(OCC)c1. The van der Waals surface area contributed by atoms with Crippen LogP contribution in [0.3, 0.4) is 0 Å². The maximum atomic E-state index is 12.2. The minimum Gasteiger partial charge on any atom is -0.494 e. The summed E-state index contributed by atoms with van der Waals surface area (Å²) in [7, 11) is 0. The van der Waals surface area contributed by atoms with E-state index in [-0.39, 0.29) is 17.7 Å². The fourth-order valence-electron chi connectivity index (χ4n) is 2.68. The molecule has 0 spiro atoms. The second-order valence-corrected chi connectivity index (χ2v) is 7.48. The number of hydrogen-bond acceptors (Lipinski definition) is 4. The highest BCUT2D eigenvalue weighted by atomic mass is 16.5. The van der Waals surface area contributed by atoms with Gasteiger partial charge in [0.15, 0.2) is 0 Å². The largest absolute Gasteiger partial charge is 0.494 e. The summed E-state index contributed by atoms with van der Waals surface area (Å²) in [5.41, 5.74) is 5.65. The number of hydrogen-bond donors (Lipinski definition) is 1. The predicted molar refractivity (Wildman–Crippen MR) is 113 cm³/mol. The van der Waals surface area contributed by atoms with Gasteiger partial charge in [0.2, 0.25) is 5.91 Å². The molecule has 0 unspecified atom stereocenters. The molecule has 5 nitrogen and oxygen atoms in total. The van der Waals surface area contributed by atoms with Gasteiger partial charge in [0.1, 0.15) is 11.5 Å². The second kappa shape index (κ2) is 9.93. The third-order valence-electron chi connectivity index (χ3n) is 4.17. The molecule has 5 heteroatoms. The molecule has 0 aliphatic carbocycles. The predicted octanol–water partition coefficient (Wildman–Crippen LogP) is 4.47. The van der Waals surface area contributed by atoms with Crippen LogP contribution in [-0.4, -0.2) is 25.3 Å². The van der Waals surface area contributed by atoms with E-state index < -0.39 is 0 Å². The van der Waals surface area contributed by atoms with Gasteiger partial charge in [0.05, 0.1) is 25.8 Å². The summed E-state index contributed by atoms with van der Waals surface area (Å²) in [5.74, 6) is 1.25. The van der Waals surface area contributed by atoms with Crippen molar-refractivity contribution in [3.63, 3.8) is 0 Å². The molecule has 2 aromatic carbocycles. The van der Waals surface area contributed by atoms with Crippen LogP contribution < -0.4 is 14.9 Å². The average molecular weight is 383 g/mol. The Balaban J connectivity index is 1.97. The molecule has 2 aromatic rings. The highest BCUT2D eigenvalue weighted by Crippen LogP contribution is 2.24. The minimum atomic E-state index is -0.163. The van der Waals surface area contributed by atoms with E-state index in [2.05, 4.69) is 43.4 Å². The van der Waals surface area contributed by atoms with E-state index in [1.165, 1.54) is 5.56 Å². The quantitative estimate of drug-likeness (QED) is 0.541. The van der Waals surface area contributed by atoms with Crippen LogP contribution >= 0.6 is 0 Å². The normalized spacial score (nSPS) is 11.5. The molecule has 0 bridgehead atoms. The zero-order chi connectivity index (χ0) is 20.6. The Morgan fingerprint density at radius 3 is 2.32 bits per heavy atom. The first kappa shape index (κ1) is 21.5. The van der Waals surface area contributed by atoms with E-state index in [4.69, 9.17) is 9.47 Å². The number of benzene rings is 2. The van der Waals surface area contributed by atoms with Crippen LogP contribution in [-0.2, 0) is 16.6 Å². The van der Waals surface area contributed by atoms with Crippen molar-refractivity contribution in [2.24, 2.45) is 5.10 Å². The van der Waals surface area contributed by atoms with Crippen LogP contribution in [0.25, 0.3) is 0 Å². The van der Waals surface area contributed by atoms with Crippen molar-refractivity contribution < 1.29 is 14.3 Å². The van der Waals surface area contributed by atoms with Crippen LogP contribution in [0.5, 0.6) is 11.5 Å². The van der Waals surface area contributed by atoms with Gasteiger partial charge in [0.25, 0.3) is 0 Å². The average Bonchev–Trinajstić information content (AvgIpc) is 2.63. The van der Waals surface area contributed by atoms with Gasteiger partial charge in [-0.15, -0.1) is 0 Å². The first-order valence-corrected chi connectivity index (χ1v) is 9.64. The van der Waals surface area contributed by atoms with Crippen molar-refractivity contribution in [2.75, 3.05) is 13.2 Å². The van der Waals surface area contributed by atoms with E-state index >= 15 is 0 Å². The van der Waals surface area contributed by atoms with Gasteiger partial charge in [-0.05, 0) is 42.5 Å². The number of nitrogens with zero attached hydrogens (tertiary/aromatic N) is 1. The summed E-state index contributed by atoms with van der Waals surface area (Å²) in [6, 6.07) is 13.7. The Morgan fingerprint density at radius 1 is 1.04 bits per heavy atom. The lowest BCUT2D eigenvalue weighted by Gasteiger charge is -2.19. The highest BCUT2D eigenvalue weighted by Gasteiger charge is 2.13. The lowest BCUT2D eigenvalue weighted by Crippen LogP contribution is -2.20. The van der Waals surface area contributed by atoms with Crippen LogP contribution in [0.1, 0.15) is 51.3 Å². The molecule has 0 saturated heterocycles. The number of amides is 1. The molecule has 0 aromatic heterocycles. The van der Waals surface area contributed by atoms with Crippen molar-refractivity contribution >= 4 is 12.1 Å². The van der Waals surface area contributed by atoms with Crippen molar-refractivity contribution in [3.05, 3.63) is 59.2 Å². The van der Waals surface area contributed by atoms with Crippen LogP contribution in [0.15, 0.2) is 47.6 Å². The van der Waals surface area contributed by atoms with Crippen molar-refractivity contribution in [2.45, 2.75) is 46.5 Å². The van der Waals surface area contributed by atoms with Gasteiger partial charge < -0.3 is 9.47 Å². The molecule has 0 saturated carbocycles. The van der Waals surface area contributed by atoms with Gasteiger partial charge in [0, 0.05) is 11.6 Å². The topological polar surface area (TPSA) is 59.9 Å². The smallest absolute Gasteiger partial charge is 0.244 e. The Labute approximate surface area is 167 Å². The summed E-state index contributed by atoms with van der Waals surface area (Å²) in [6.45, 7) is 11.5. The lowest BCUT2D eigenvalue weighted by atomic mass is 9.86. The molecular weight excluding hydrogens is 352 g/mol. The van der Waals surface area contributed by atoms with E-state index in [0.717, 1.165) is 16.9 Å². The Morgan fingerprint density at radius 2 is 1.71 bits per heavy atom. The standard InChI is InChI=1S/C23H30N2O3/c1-6-27-20-13-10-18(21(15-20)28-7-2)16-24-25-22(26)14-17-8-11-19(12-9-17)23(3,4)5/h8-13,15-16H,6-7,14H2,1-5H3,(H,25,26)/b24-16-. The monoisotopic (exact) mass is 382 g/mol. The molecule has 0 atom stereocenters. The number of carbonyl (C=O) groups is 1. The summed E-state index contributed by atoms with van der Waals surface area (Å²) < 4.78 is 11.1. The van der Waals surface area contributed by atoms with Crippen molar-refractivity contribution in [3.8, 4) is 11.5 Å². The fourth-order valence-corrected chi connectivity index (χ4v) is 2.68. The molecule has 0 heterocycles. The van der Waals surface area contributed by atoms with Gasteiger partial charge >= 0.3 is 0 Å². The van der Waals surface area contributed by atoms with E-state index in [0.29, 0.717) is 19.0 Å². The summed E-state index contributed by atoms with van der Waals surface area (Å²) in [4.78, 5) is 12.2. The van der Waals surface area contributed by atoms with Gasteiger partial charge in [-0.3, -0.25) is 4.79 Å². The van der Waals surface area contributed by atoms with E-state index in [1.54, 1.807) is 6.21 Å². The number of rotatable bonds is 8. The number of ether oxygens (including phenoxy) is 2. The third-order valence-corrected chi connectivity index (χ3v) is 4.17. The zero-order valence-corrected chi connectivity index (χ0v) is 17.4. The van der Waals surface area contributed by atoms with Crippen molar-refractivity contribution in [1.82, 2.24) is 5.43 Å². The molecule has 2 rings (SSSR count). The maximum absolute atomic E-state index is 12.2. The number of carbonyl (C=O) groups excluding carboxylic acids is 1. The number of hydrazone groups is 1. The second-order valence-electron chi connectivity index (χ2n) is 7.48. The molecule has 150 valence electrons. The summed E-state index contributed by atoms with van der Waals surface area (Å²) in [5, 5.41) is 4.07. The fraction of sp³-hybridized carbons (Fsp3) is 0.391. The minimum absolute atomic E-state index is 0.0983. The van der Waals surface area contributed by atoms with Crippen molar-refractivity contribution in [1.29, 1.82) is 0 Å². The van der Waals surface area contributed by atoms with Crippen LogP contribution in [0.4, 0.5) is 0 Å². The highest BCUT2D eigenvalue weighted by molar-refractivity contribution is 5.86. The molecule has 0 radical (unpaired) electrons. The molecule has 0 fully saturated rings. The molecule has 28 heavy (non-hydrogen) atoms. The summed E-state index contributed by atoms with van der Waals surface area (Å²) in [6.07, 6.45) is 1.87.